The Kier molecular flexibility index (Phi) is 4.49. The van der Waals surface area contributed by atoms with Crippen LogP contribution in [0.4, 0.5) is 5.69 Å². The van der Waals surface area contributed by atoms with Crippen LogP contribution in [-0.4, -0.2) is 25.5 Å². The van der Waals surface area contributed by atoms with E-state index in [9.17, 15) is 4.79 Å². The van der Waals surface area contributed by atoms with E-state index in [0.29, 0.717) is 27.4 Å². The maximum Gasteiger partial charge on any atom is 0.275 e. The summed E-state index contributed by atoms with van der Waals surface area (Å²) < 4.78 is 3.89. The summed E-state index contributed by atoms with van der Waals surface area (Å²) in [5.41, 5.74) is 2.10. The van der Waals surface area contributed by atoms with Crippen LogP contribution in [0.3, 0.4) is 0 Å². The SMILES string of the molecule is Cn1ncc(Br)c1C(=O)Nc1cnn(Cc2cccc(Cl)c2)c1. The Hall–Kier alpha value is -2.12. The van der Waals surface area contributed by atoms with Crippen LogP contribution in [0.5, 0.6) is 0 Å². The number of amides is 1. The second kappa shape index (κ2) is 6.55. The predicted molar refractivity (Wildman–Crippen MR) is 91.6 cm³/mol. The van der Waals surface area contributed by atoms with E-state index in [1.54, 1.807) is 30.3 Å². The van der Waals surface area contributed by atoms with Gasteiger partial charge in [-0.15, -0.1) is 0 Å². The average Bonchev–Trinajstić information content (AvgIpc) is 3.06. The lowest BCUT2D eigenvalue weighted by Crippen LogP contribution is -2.16. The topological polar surface area (TPSA) is 64.7 Å². The molecule has 2 heterocycles. The van der Waals surface area contributed by atoms with Crippen LogP contribution in [0.1, 0.15) is 16.1 Å². The van der Waals surface area contributed by atoms with Crippen LogP contribution in [0.2, 0.25) is 5.02 Å². The number of rotatable bonds is 4. The van der Waals surface area contributed by atoms with Gasteiger partial charge in [0.2, 0.25) is 0 Å². The number of nitrogens with one attached hydrogen (secondary N) is 1. The van der Waals surface area contributed by atoms with Gasteiger partial charge in [-0.3, -0.25) is 14.2 Å². The fourth-order valence-corrected chi connectivity index (χ4v) is 2.93. The summed E-state index contributed by atoms with van der Waals surface area (Å²) in [5.74, 6) is -0.251. The Bertz CT molecular complexity index is 838. The van der Waals surface area contributed by atoms with Gasteiger partial charge >= 0.3 is 0 Å². The van der Waals surface area contributed by atoms with E-state index >= 15 is 0 Å². The zero-order valence-corrected chi connectivity index (χ0v) is 14.5. The van der Waals surface area contributed by atoms with E-state index in [1.807, 2.05) is 24.3 Å². The number of benzene rings is 1. The van der Waals surface area contributed by atoms with Crippen molar-refractivity contribution in [1.29, 1.82) is 0 Å². The lowest BCUT2D eigenvalue weighted by atomic mass is 10.2. The van der Waals surface area contributed by atoms with Crippen molar-refractivity contribution in [1.82, 2.24) is 19.6 Å². The van der Waals surface area contributed by atoms with Gasteiger partial charge in [0.15, 0.2) is 0 Å². The summed E-state index contributed by atoms with van der Waals surface area (Å²) in [6.07, 6.45) is 4.95. The molecule has 0 radical (unpaired) electrons. The minimum absolute atomic E-state index is 0.251. The fraction of sp³-hybridized carbons (Fsp3) is 0.133. The van der Waals surface area contributed by atoms with Crippen molar-refractivity contribution >= 4 is 39.1 Å². The zero-order valence-electron chi connectivity index (χ0n) is 12.2. The lowest BCUT2D eigenvalue weighted by Gasteiger charge is -2.04. The van der Waals surface area contributed by atoms with Gasteiger partial charge in [0, 0.05) is 18.3 Å². The molecule has 1 N–H and O–H groups in total. The Morgan fingerprint density at radius 2 is 2.17 bits per heavy atom. The molecular formula is C15H13BrClN5O. The minimum atomic E-state index is -0.251. The summed E-state index contributed by atoms with van der Waals surface area (Å²) in [6.45, 7) is 0.575. The molecule has 1 amide bonds. The van der Waals surface area contributed by atoms with Crippen molar-refractivity contribution in [2.75, 3.05) is 5.32 Å². The largest absolute Gasteiger partial charge is 0.318 e. The van der Waals surface area contributed by atoms with E-state index in [0.717, 1.165) is 5.56 Å². The standard InChI is InChI=1S/C15H13BrClN5O/c1-21-14(13(16)7-18-21)15(23)20-12-6-19-22(9-12)8-10-3-2-4-11(17)5-10/h2-7,9H,8H2,1H3,(H,20,23). The molecule has 2 aromatic heterocycles. The number of aryl methyl sites for hydroxylation is 1. The number of carbonyl (C=O) groups excluding carboxylic acids is 1. The second-order valence-electron chi connectivity index (χ2n) is 4.98. The molecule has 0 saturated heterocycles. The molecule has 3 rings (SSSR count). The number of aromatic nitrogens is 4. The van der Waals surface area contributed by atoms with Gasteiger partial charge in [-0.25, -0.2) is 0 Å². The second-order valence-corrected chi connectivity index (χ2v) is 6.27. The van der Waals surface area contributed by atoms with Crippen molar-refractivity contribution in [3.63, 3.8) is 0 Å². The Balaban J connectivity index is 1.71. The van der Waals surface area contributed by atoms with E-state index in [4.69, 9.17) is 11.6 Å². The summed E-state index contributed by atoms with van der Waals surface area (Å²) >= 11 is 9.28. The first-order valence-electron chi connectivity index (χ1n) is 6.78. The van der Waals surface area contributed by atoms with Gasteiger partial charge in [0.05, 0.1) is 29.1 Å². The van der Waals surface area contributed by atoms with Crippen LogP contribution >= 0.6 is 27.5 Å². The van der Waals surface area contributed by atoms with Crippen LogP contribution in [0, 0.1) is 0 Å². The molecule has 8 heteroatoms. The quantitative estimate of drug-likeness (QED) is 0.738. The highest BCUT2D eigenvalue weighted by Crippen LogP contribution is 2.17. The summed E-state index contributed by atoms with van der Waals surface area (Å²) in [6, 6.07) is 7.57. The van der Waals surface area contributed by atoms with Gasteiger partial charge in [-0.05, 0) is 33.6 Å². The van der Waals surface area contributed by atoms with E-state index in [1.165, 1.54) is 4.68 Å². The van der Waals surface area contributed by atoms with Crippen molar-refractivity contribution in [3.8, 4) is 0 Å². The molecule has 0 aliphatic carbocycles. The van der Waals surface area contributed by atoms with Crippen LogP contribution in [0.15, 0.2) is 47.3 Å². The van der Waals surface area contributed by atoms with Crippen LogP contribution in [0.25, 0.3) is 0 Å². The highest BCUT2D eigenvalue weighted by atomic mass is 79.9. The molecule has 118 valence electrons. The third-order valence-electron chi connectivity index (χ3n) is 3.23. The highest BCUT2D eigenvalue weighted by Gasteiger charge is 2.16. The van der Waals surface area contributed by atoms with Gasteiger partial charge in [-0.1, -0.05) is 23.7 Å². The number of anilines is 1. The fourth-order valence-electron chi connectivity index (χ4n) is 2.19. The smallest absolute Gasteiger partial charge is 0.275 e. The summed E-state index contributed by atoms with van der Waals surface area (Å²) in [5, 5.41) is 11.8. The molecule has 0 bridgehead atoms. The van der Waals surface area contributed by atoms with E-state index in [-0.39, 0.29) is 5.91 Å². The number of carbonyl (C=O) groups is 1. The molecule has 0 unspecified atom stereocenters. The van der Waals surface area contributed by atoms with Crippen LogP contribution < -0.4 is 5.32 Å². The zero-order chi connectivity index (χ0) is 16.4. The third-order valence-corrected chi connectivity index (χ3v) is 4.05. The number of hydrogen-bond acceptors (Lipinski definition) is 3. The van der Waals surface area contributed by atoms with Crippen molar-refractivity contribution < 1.29 is 4.79 Å². The number of nitrogens with zero attached hydrogens (tertiary/aromatic N) is 4. The molecule has 0 fully saturated rings. The first kappa shape index (κ1) is 15.8. The van der Waals surface area contributed by atoms with Crippen molar-refractivity contribution in [2.45, 2.75) is 6.54 Å². The first-order chi connectivity index (χ1) is 11.0. The monoisotopic (exact) mass is 393 g/mol. The Labute approximate surface area is 146 Å². The van der Waals surface area contributed by atoms with Gasteiger partial charge < -0.3 is 5.32 Å². The molecule has 6 nitrogen and oxygen atoms in total. The van der Waals surface area contributed by atoms with E-state index in [2.05, 4.69) is 31.4 Å². The molecule has 3 aromatic rings. The van der Waals surface area contributed by atoms with Crippen molar-refractivity contribution in [3.05, 3.63) is 63.6 Å². The molecule has 23 heavy (non-hydrogen) atoms. The molecule has 0 aliphatic heterocycles. The molecule has 0 aliphatic rings. The van der Waals surface area contributed by atoms with Crippen molar-refractivity contribution in [2.24, 2.45) is 7.05 Å². The molecule has 0 saturated carbocycles. The van der Waals surface area contributed by atoms with Gasteiger partial charge in [-0.2, -0.15) is 10.2 Å². The normalized spacial score (nSPS) is 10.7. The number of hydrogen-bond donors (Lipinski definition) is 1. The maximum atomic E-state index is 12.3. The summed E-state index contributed by atoms with van der Waals surface area (Å²) in [4.78, 5) is 12.3. The minimum Gasteiger partial charge on any atom is -0.318 e. The lowest BCUT2D eigenvalue weighted by molar-refractivity contribution is 0.101. The Morgan fingerprint density at radius 1 is 1.35 bits per heavy atom. The van der Waals surface area contributed by atoms with E-state index < -0.39 is 0 Å². The predicted octanol–water partition coefficient (Wildman–Crippen LogP) is 3.33. The molecule has 1 aromatic carbocycles. The summed E-state index contributed by atoms with van der Waals surface area (Å²) in [7, 11) is 1.71. The first-order valence-corrected chi connectivity index (χ1v) is 7.96. The van der Waals surface area contributed by atoms with Gasteiger partial charge in [0.1, 0.15) is 5.69 Å². The molecule has 0 spiro atoms. The average molecular weight is 395 g/mol. The number of halogens is 2. The molecule has 0 atom stereocenters. The molecular weight excluding hydrogens is 382 g/mol. The van der Waals surface area contributed by atoms with Gasteiger partial charge in [0.25, 0.3) is 5.91 Å². The Morgan fingerprint density at radius 3 is 2.87 bits per heavy atom. The van der Waals surface area contributed by atoms with Crippen LogP contribution in [-0.2, 0) is 13.6 Å². The highest BCUT2D eigenvalue weighted by molar-refractivity contribution is 9.10. The maximum absolute atomic E-state index is 12.3. The third kappa shape index (κ3) is 3.62.